The van der Waals surface area contributed by atoms with E-state index >= 15 is 0 Å². The second-order valence-corrected chi connectivity index (χ2v) is 3.76. The van der Waals surface area contributed by atoms with Crippen molar-refractivity contribution >= 4 is 18.2 Å². The van der Waals surface area contributed by atoms with E-state index in [-0.39, 0.29) is 24.3 Å². The first-order valence-corrected chi connectivity index (χ1v) is 5.16. The normalized spacial score (nSPS) is 13.2. The van der Waals surface area contributed by atoms with Crippen molar-refractivity contribution in [1.82, 2.24) is 4.90 Å². The number of hydrogen-bond donors (Lipinski definition) is 1. The first-order chi connectivity index (χ1) is 8.04. The third-order valence-electron chi connectivity index (χ3n) is 2.34. The van der Waals surface area contributed by atoms with Crippen LogP contribution in [-0.4, -0.2) is 29.2 Å². The van der Waals surface area contributed by atoms with Crippen molar-refractivity contribution in [3.8, 4) is 0 Å². The summed E-state index contributed by atoms with van der Waals surface area (Å²) in [5, 5.41) is 0. The van der Waals surface area contributed by atoms with Crippen molar-refractivity contribution in [2.24, 2.45) is 5.73 Å². The third-order valence-corrected chi connectivity index (χ3v) is 2.34. The molecule has 1 aromatic carbocycles. The highest BCUT2D eigenvalue weighted by Crippen LogP contribution is 2.23. The predicted octanol–water partition coefficient (Wildman–Crippen LogP) is 0.793. The number of carbonyl (C=O) groups excluding carboxylic acids is 3. The highest BCUT2D eigenvalue weighted by molar-refractivity contribution is 6.21. The molecule has 2 rings (SSSR count). The van der Waals surface area contributed by atoms with Crippen LogP contribution in [0, 0.1) is 0 Å². The van der Waals surface area contributed by atoms with Crippen molar-refractivity contribution in [2.75, 3.05) is 0 Å². The number of carbonyl (C=O) groups is 3. The molecule has 3 amide bonds. The van der Waals surface area contributed by atoms with E-state index in [0.717, 1.165) is 0 Å². The zero-order valence-corrected chi connectivity index (χ0v) is 9.71. The number of fused-ring (bicyclic) bond motifs is 1. The monoisotopic (exact) mass is 234 g/mol. The molecule has 0 saturated carbocycles. The van der Waals surface area contributed by atoms with Gasteiger partial charge in [0.2, 0.25) is 6.41 Å². The van der Waals surface area contributed by atoms with Gasteiger partial charge in [-0.2, -0.15) is 0 Å². The van der Waals surface area contributed by atoms with Crippen molar-refractivity contribution in [3.05, 3.63) is 35.4 Å². The van der Waals surface area contributed by atoms with Gasteiger partial charge in [-0.25, -0.2) is 0 Å². The first-order valence-electron chi connectivity index (χ1n) is 5.16. The molecule has 1 aliphatic rings. The summed E-state index contributed by atoms with van der Waals surface area (Å²) in [5.41, 5.74) is 5.21. The third kappa shape index (κ3) is 2.33. The maximum atomic E-state index is 11.8. The number of hydrogen-bond acceptors (Lipinski definition) is 3. The quantitative estimate of drug-likeness (QED) is 0.576. The fraction of sp³-hybridized carbons (Fsp3) is 0.250. The Bertz CT molecular complexity index is 420. The van der Waals surface area contributed by atoms with E-state index < -0.39 is 0 Å². The van der Waals surface area contributed by atoms with Gasteiger partial charge in [0, 0.05) is 6.04 Å². The molecule has 1 heterocycles. The van der Waals surface area contributed by atoms with Crippen LogP contribution in [0.5, 0.6) is 0 Å². The molecule has 5 nitrogen and oxygen atoms in total. The van der Waals surface area contributed by atoms with Gasteiger partial charge >= 0.3 is 0 Å². The molecule has 0 radical (unpaired) electrons. The molecule has 17 heavy (non-hydrogen) atoms. The zero-order valence-electron chi connectivity index (χ0n) is 9.71. The van der Waals surface area contributed by atoms with Gasteiger partial charge in [-0.1, -0.05) is 12.1 Å². The number of rotatable bonds is 1. The number of nitrogens with two attached hydrogens (primary N) is 1. The van der Waals surface area contributed by atoms with Crippen LogP contribution < -0.4 is 5.73 Å². The molecule has 90 valence electrons. The molecule has 1 aromatic rings. The van der Waals surface area contributed by atoms with Crippen molar-refractivity contribution in [2.45, 2.75) is 19.9 Å². The van der Waals surface area contributed by atoms with Gasteiger partial charge in [0.05, 0.1) is 11.1 Å². The number of primary amides is 1. The fourth-order valence-corrected chi connectivity index (χ4v) is 1.68. The molecule has 0 unspecified atom stereocenters. The summed E-state index contributed by atoms with van der Waals surface area (Å²) in [5.74, 6) is -0.360. The molecule has 0 saturated heterocycles. The lowest BCUT2D eigenvalue weighted by Crippen LogP contribution is -2.35. The topological polar surface area (TPSA) is 80.5 Å². The molecule has 0 bridgehead atoms. The van der Waals surface area contributed by atoms with E-state index in [2.05, 4.69) is 5.73 Å². The van der Waals surface area contributed by atoms with Gasteiger partial charge in [0.15, 0.2) is 0 Å². The Labute approximate surface area is 99.2 Å². The van der Waals surface area contributed by atoms with Crippen LogP contribution in [0.2, 0.25) is 0 Å². The lowest BCUT2D eigenvalue weighted by Gasteiger charge is -2.17. The van der Waals surface area contributed by atoms with Gasteiger partial charge in [-0.15, -0.1) is 0 Å². The summed E-state index contributed by atoms with van der Waals surface area (Å²) in [6.07, 6.45) is 0.250. The Morgan fingerprint density at radius 2 is 1.47 bits per heavy atom. The Balaban J connectivity index is 0.000000437. The van der Waals surface area contributed by atoms with Gasteiger partial charge in [-0.05, 0) is 26.0 Å². The summed E-state index contributed by atoms with van der Waals surface area (Å²) < 4.78 is 0. The lowest BCUT2D eigenvalue weighted by molar-refractivity contribution is -0.106. The van der Waals surface area contributed by atoms with E-state index in [1.54, 1.807) is 24.3 Å². The van der Waals surface area contributed by atoms with E-state index in [0.29, 0.717) is 11.1 Å². The van der Waals surface area contributed by atoms with E-state index in [1.165, 1.54) is 4.90 Å². The average molecular weight is 234 g/mol. The smallest absolute Gasteiger partial charge is 0.261 e. The minimum Gasteiger partial charge on any atom is -0.372 e. The fourth-order valence-electron chi connectivity index (χ4n) is 1.68. The molecule has 0 aromatic heterocycles. The maximum absolute atomic E-state index is 11.8. The second-order valence-electron chi connectivity index (χ2n) is 3.76. The van der Waals surface area contributed by atoms with Gasteiger partial charge in [-0.3, -0.25) is 19.3 Å². The highest BCUT2D eigenvalue weighted by atomic mass is 16.2. The molecule has 2 N–H and O–H groups in total. The zero-order chi connectivity index (χ0) is 13.0. The predicted molar refractivity (Wildman–Crippen MR) is 62.3 cm³/mol. The Hall–Kier alpha value is -2.17. The minimum atomic E-state index is -0.180. The van der Waals surface area contributed by atoms with E-state index in [4.69, 9.17) is 4.79 Å². The number of imide groups is 1. The summed E-state index contributed by atoms with van der Waals surface area (Å²) >= 11 is 0. The number of amides is 3. The lowest BCUT2D eigenvalue weighted by atomic mass is 10.1. The SMILES string of the molecule is CC(C)N1C(=O)c2ccccc2C1=O.NC=O. The van der Waals surface area contributed by atoms with Crippen LogP contribution in [0.4, 0.5) is 0 Å². The molecule has 0 atom stereocenters. The first kappa shape index (κ1) is 12.9. The highest BCUT2D eigenvalue weighted by Gasteiger charge is 2.36. The molecular formula is C12H14N2O3. The molecule has 1 aliphatic heterocycles. The molecule has 5 heteroatoms. The van der Waals surface area contributed by atoms with Crippen molar-refractivity contribution in [1.29, 1.82) is 0 Å². The van der Waals surface area contributed by atoms with Crippen molar-refractivity contribution < 1.29 is 14.4 Å². The van der Waals surface area contributed by atoms with E-state index in [9.17, 15) is 9.59 Å². The largest absolute Gasteiger partial charge is 0.372 e. The Kier molecular flexibility index (Phi) is 3.98. The van der Waals surface area contributed by atoms with Gasteiger partial charge in [0.25, 0.3) is 11.8 Å². The van der Waals surface area contributed by atoms with Crippen LogP contribution in [0.25, 0.3) is 0 Å². The van der Waals surface area contributed by atoms with Crippen molar-refractivity contribution in [3.63, 3.8) is 0 Å². The number of nitrogens with zero attached hydrogens (tertiary/aromatic N) is 1. The molecule has 0 spiro atoms. The summed E-state index contributed by atoms with van der Waals surface area (Å²) in [6.45, 7) is 3.67. The summed E-state index contributed by atoms with van der Waals surface area (Å²) in [6, 6.07) is 6.85. The number of benzene rings is 1. The van der Waals surface area contributed by atoms with E-state index in [1.807, 2.05) is 13.8 Å². The van der Waals surface area contributed by atoms with Gasteiger partial charge < -0.3 is 5.73 Å². The molecule has 0 aliphatic carbocycles. The second kappa shape index (κ2) is 5.25. The van der Waals surface area contributed by atoms with Crippen LogP contribution in [-0.2, 0) is 4.79 Å². The molecule has 0 fully saturated rings. The van der Waals surface area contributed by atoms with Crippen LogP contribution in [0.3, 0.4) is 0 Å². The van der Waals surface area contributed by atoms with Crippen LogP contribution in [0.15, 0.2) is 24.3 Å². The average Bonchev–Trinajstić information content (AvgIpc) is 2.53. The minimum absolute atomic E-state index is 0.0811. The summed E-state index contributed by atoms with van der Waals surface area (Å²) in [4.78, 5) is 33.4. The van der Waals surface area contributed by atoms with Crippen LogP contribution in [0.1, 0.15) is 34.6 Å². The maximum Gasteiger partial charge on any atom is 0.261 e. The summed E-state index contributed by atoms with van der Waals surface area (Å²) in [7, 11) is 0. The Morgan fingerprint density at radius 1 is 1.12 bits per heavy atom. The standard InChI is InChI=1S/C11H11NO2.CH3NO/c1-7(2)12-10(13)8-5-3-4-6-9(8)11(12)14;2-1-3/h3-7H,1-2H3;1H,(H2,2,3). The van der Waals surface area contributed by atoms with Gasteiger partial charge in [0.1, 0.15) is 0 Å². The Morgan fingerprint density at radius 3 is 1.76 bits per heavy atom. The molecular weight excluding hydrogens is 220 g/mol. The van der Waals surface area contributed by atoms with Crippen LogP contribution >= 0.6 is 0 Å².